The maximum Gasteiger partial charge on any atom is 0.234 e. The highest BCUT2D eigenvalue weighted by atomic mass is 35.5. The Morgan fingerprint density at radius 1 is 1.46 bits per heavy atom. The molecule has 0 aromatic rings. The second-order valence-electron chi connectivity index (χ2n) is 3.30. The Bertz CT molecular complexity index is 347. The van der Waals surface area contributed by atoms with E-state index in [2.05, 4.69) is 0 Å². The van der Waals surface area contributed by atoms with Gasteiger partial charge in [-0.1, -0.05) is 31.2 Å². The fourth-order valence-corrected chi connectivity index (χ4v) is 2.73. The Kier molecular flexibility index (Phi) is 2.85. The van der Waals surface area contributed by atoms with E-state index in [0.717, 1.165) is 0 Å². The summed E-state index contributed by atoms with van der Waals surface area (Å²) in [6, 6.07) is 0. The average Bonchev–Trinajstić information content (AvgIpc) is 2.10. The van der Waals surface area contributed by atoms with Crippen LogP contribution in [0.4, 0.5) is 0 Å². The summed E-state index contributed by atoms with van der Waals surface area (Å²) in [5.41, 5.74) is 0. The Morgan fingerprint density at radius 2 is 2.08 bits per heavy atom. The highest BCUT2D eigenvalue weighted by Gasteiger charge is 2.41. The van der Waals surface area contributed by atoms with Gasteiger partial charge in [0.05, 0.1) is 0 Å². The van der Waals surface area contributed by atoms with E-state index in [1.807, 2.05) is 23.3 Å². The lowest BCUT2D eigenvalue weighted by Crippen LogP contribution is -2.44. The molecule has 0 aromatic heterocycles. The second-order valence-corrected chi connectivity index (χ2v) is 5.80. The molecule has 0 saturated carbocycles. The summed E-state index contributed by atoms with van der Waals surface area (Å²) in [6.45, 7) is 3.48. The van der Waals surface area contributed by atoms with Crippen LogP contribution in [-0.2, 0) is 10.0 Å². The summed E-state index contributed by atoms with van der Waals surface area (Å²) in [5, 5.41) is 0. The van der Waals surface area contributed by atoms with Crippen molar-refractivity contribution in [3.63, 3.8) is 0 Å². The number of allylic oxidation sites excluding steroid dienone is 3. The number of sulfonamides is 1. The number of hydrogen-bond acceptors (Lipinski definition) is 2. The molecule has 0 heterocycles. The van der Waals surface area contributed by atoms with Crippen LogP contribution in [0.3, 0.4) is 0 Å². The predicted molar refractivity (Wildman–Crippen MR) is 53.8 cm³/mol. The third-order valence-corrected chi connectivity index (χ3v) is 5.00. The average molecular weight is 222 g/mol. The van der Waals surface area contributed by atoms with Crippen molar-refractivity contribution in [2.45, 2.75) is 18.6 Å². The number of nitrogens with one attached hydrogen (secondary N) is 1. The minimum absolute atomic E-state index is 0.0891. The molecule has 2 atom stereocenters. The Hall–Kier alpha value is -0.320. The molecule has 0 bridgehead atoms. The molecule has 1 aliphatic rings. The molecule has 0 aromatic carbocycles. The maximum atomic E-state index is 11.6. The van der Waals surface area contributed by atoms with Gasteiger partial charge in [0.15, 0.2) is 0 Å². The molecule has 1 aliphatic carbocycles. The van der Waals surface area contributed by atoms with Gasteiger partial charge in [-0.2, -0.15) is 0 Å². The van der Waals surface area contributed by atoms with Gasteiger partial charge in [-0.15, -0.1) is 4.24 Å². The summed E-state index contributed by atoms with van der Waals surface area (Å²) in [6.07, 6.45) is 7.02. The summed E-state index contributed by atoms with van der Waals surface area (Å²) in [7, 11) is -3.49. The number of halogens is 1. The van der Waals surface area contributed by atoms with Gasteiger partial charge in [-0.25, -0.2) is 8.42 Å². The van der Waals surface area contributed by atoms with Crippen molar-refractivity contribution in [2.75, 3.05) is 0 Å². The van der Waals surface area contributed by atoms with Crippen LogP contribution in [0, 0.1) is 5.92 Å². The topological polar surface area (TPSA) is 46.2 Å². The molecular weight excluding hydrogens is 210 g/mol. The van der Waals surface area contributed by atoms with Crippen LogP contribution in [-0.4, -0.2) is 13.2 Å². The van der Waals surface area contributed by atoms with Gasteiger partial charge in [-0.3, -0.25) is 0 Å². The molecular formula is C8H12ClNO2S. The Balaban J connectivity index is 3.15. The molecule has 3 nitrogen and oxygen atoms in total. The highest BCUT2D eigenvalue weighted by molar-refractivity contribution is 7.92. The van der Waals surface area contributed by atoms with Crippen LogP contribution in [0.25, 0.3) is 0 Å². The molecule has 1 rings (SSSR count). The molecule has 5 heteroatoms. The number of rotatable bonds is 2. The number of hydrogen-bond donors (Lipinski definition) is 1. The van der Waals surface area contributed by atoms with Gasteiger partial charge in [-0.05, 0) is 24.6 Å². The van der Waals surface area contributed by atoms with Gasteiger partial charge >= 0.3 is 0 Å². The molecule has 0 aliphatic heterocycles. The van der Waals surface area contributed by atoms with Crippen molar-refractivity contribution < 1.29 is 8.42 Å². The largest absolute Gasteiger partial charge is 0.234 e. The Labute approximate surface area is 83.6 Å². The van der Waals surface area contributed by atoms with Gasteiger partial charge in [0.1, 0.15) is 4.75 Å². The van der Waals surface area contributed by atoms with Crippen LogP contribution < -0.4 is 4.24 Å². The minimum Gasteiger partial charge on any atom is -0.210 e. The van der Waals surface area contributed by atoms with Gasteiger partial charge in [0.25, 0.3) is 0 Å². The molecule has 0 saturated heterocycles. The zero-order valence-corrected chi connectivity index (χ0v) is 9.06. The fourth-order valence-electron chi connectivity index (χ4n) is 1.24. The van der Waals surface area contributed by atoms with Crippen molar-refractivity contribution in [1.82, 2.24) is 4.24 Å². The van der Waals surface area contributed by atoms with Crippen LogP contribution >= 0.6 is 11.8 Å². The van der Waals surface area contributed by atoms with E-state index in [-0.39, 0.29) is 5.92 Å². The quantitative estimate of drug-likeness (QED) is 0.720. The van der Waals surface area contributed by atoms with Crippen molar-refractivity contribution in [1.29, 1.82) is 0 Å². The smallest absolute Gasteiger partial charge is 0.210 e. The highest BCUT2D eigenvalue weighted by Crippen LogP contribution is 2.31. The van der Waals surface area contributed by atoms with E-state index in [0.29, 0.717) is 0 Å². The molecule has 0 radical (unpaired) electrons. The van der Waals surface area contributed by atoms with Crippen LogP contribution in [0.1, 0.15) is 13.8 Å². The van der Waals surface area contributed by atoms with Crippen LogP contribution in [0.15, 0.2) is 24.3 Å². The first-order valence-corrected chi connectivity index (χ1v) is 5.78. The minimum atomic E-state index is -3.49. The van der Waals surface area contributed by atoms with E-state index < -0.39 is 14.8 Å². The lowest BCUT2D eigenvalue weighted by Gasteiger charge is -2.31. The summed E-state index contributed by atoms with van der Waals surface area (Å²) >= 11 is 5.19. The van der Waals surface area contributed by atoms with Crippen molar-refractivity contribution in [3.8, 4) is 0 Å². The first-order valence-electron chi connectivity index (χ1n) is 3.92. The summed E-state index contributed by atoms with van der Waals surface area (Å²) < 4.78 is 24.0. The first-order chi connectivity index (χ1) is 5.94. The molecule has 0 amide bonds. The summed E-state index contributed by atoms with van der Waals surface area (Å²) in [4.78, 5) is 0. The molecule has 1 N–H and O–H groups in total. The summed E-state index contributed by atoms with van der Waals surface area (Å²) in [5.74, 6) is -0.0891. The third kappa shape index (κ3) is 1.66. The van der Waals surface area contributed by atoms with Crippen LogP contribution in [0.2, 0.25) is 0 Å². The Morgan fingerprint density at radius 3 is 2.54 bits per heavy atom. The van der Waals surface area contributed by atoms with E-state index >= 15 is 0 Å². The zero-order chi connectivity index (χ0) is 10.1. The molecule has 0 spiro atoms. The lowest BCUT2D eigenvalue weighted by molar-refractivity contribution is 0.511. The van der Waals surface area contributed by atoms with E-state index in [1.165, 1.54) is 0 Å². The lowest BCUT2D eigenvalue weighted by atomic mass is 9.91. The molecule has 2 unspecified atom stereocenters. The molecule has 13 heavy (non-hydrogen) atoms. The van der Waals surface area contributed by atoms with Crippen molar-refractivity contribution >= 4 is 21.8 Å². The zero-order valence-electron chi connectivity index (χ0n) is 7.49. The first kappa shape index (κ1) is 10.8. The van der Waals surface area contributed by atoms with E-state index in [9.17, 15) is 8.42 Å². The normalized spacial score (nSPS) is 33.6. The SMILES string of the molecule is CC1C=CC=CC1(C)S(=O)(=O)NCl. The van der Waals surface area contributed by atoms with Crippen molar-refractivity contribution in [3.05, 3.63) is 24.3 Å². The second kappa shape index (κ2) is 3.44. The van der Waals surface area contributed by atoms with Gasteiger partial charge in [0, 0.05) is 0 Å². The maximum absolute atomic E-state index is 11.6. The fraction of sp³-hybridized carbons (Fsp3) is 0.500. The van der Waals surface area contributed by atoms with Gasteiger partial charge < -0.3 is 0 Å². The third-order valence-electron chi connectivity index (χ3n) is 2.52. The van der Waals surface area contributed by atoms with Gasteiger partial charge in [0.2, 0.25) is 10.0 Å². The standard InChI is InChI=1S/C8H12ClNO2S/c1-7-5-3-4-6-8(7,2)13(11,12)10-9/h3-7,10H,1-2H3. The molecule has 74 valence electrons. The predicted octanol–water partition coefficient (Wildman–Crippen LogP) is 1.58. The van der Waals surface area contributed by atoms with E-state index in [4.69, 9.17) is 11.8 Å². The van der Waals surface area contributed by atoms with E-state index in [1.54, 1.807) is 19.1 Å². The molecule has 0 fully saturated rings. The van der Waals surface area contributed by atoms with Crippen molar-refractivity contribution in [2.24, 2.45) is 5.92 Å². The monoisotopic (exact) mass is 221 g/mol. The van der Waals surface area contributed by atoms with Crippen LogP contribution in [0.5, 0.6) is 0 Å².